The number of hydrogen-bond acceptors (Lipinski definition) is 1. The molecule has 1 radical (unpaired) electrons. The summed E-state index contributed by atoms with van der Waals surface area (Å²) in [6.45, 7) is 0. The van der Waals surface area contributed by atoms with Gasteiger partial charge in [-0.05, 0) is 30.0 Å². The molecule has 1 nitrogen and oxygen atoms in total. The number of rotatable bonds is 0. The van der Waals surface area contributed by atoms with Gasteiger partial charge in [0.25, 0.3) is 0 Å². The summed E-state index contributed by atoms with van der Waals surface area (Å²) in [5.41, 5.74) is 9.18. The van der Waals surface area contributed by atoms with Crippen LogP contribution in [-0.2, 0) is 12.8 Å². The topological polar surface area (TPSA) is 26.0 Å². The van der Waals surface area contributed by atoms with Crippen molar-refractivity contribution in [1.29, 1.82) is 0 Å². The Morgan fingerprint density at radius 3 is 3.00 bits per heavy atom. The first-order valence-electron chi connectivity index (χ1n) is 3.16. The van der Waals surface area contributed by atoms with E-state index in [1.54, 1.807) is 0 Å². The Bertz CT molecular complexity index is 218. The van der Waals surface area contributed by atoms with Crippen molar-refractivity contribution in [3.8, 4) is 0 Å². The lowest BCUT2D eigenvalue weighted by Crippen LogP contribution is -1.87. The Morgan fingerprint density at radius 1 is 1.44 bits per heavy atom. The SMILES string of the molecule is Nc1c2[c]ccc1CC2. The Hall–Kier alpha value is -0.980. The molecule has 0 heterocycles. The zero-order chi connectivity index (χ0) is 6.27. The highest BCUT2D eigenvalue weighted by molar-refractivity contribution is 5.57. The normalized spacial score (nSPS) is 14.2. The predicted octanol–water partition coefficient (Wildman–Crippen LogP) is 1.17. The van der Waals surface area contributed by atoms with Crippen LogP contribution in [0.1, 0.15) is 11.1 Å². The van der Waals surface area contributed by atoms with E-state index >= 15 is 0 Å². The van der Waals surface area contributed by atoms with Gasteiger partial charge in [0, 0.05) is 5.69 Å². The molecule has 1 aliphatic rings. The number of nitrogens with two attached hydrogens (primary N) is 1. The molecule has 0 fully saturated rings. The van der Waals surface area contributed by atoms with Gasteiger partial charge in [-0.25, -0.2) is 0 Å². The van der Waals surface area contributed by atoms with Crippen molar-refractivity contribution in [1.82, 2.24) is 0 Å². The minimum absolute atomic E-state index is 0.970. The van der Waals surface area contributed by atoms with Crippen molar-refractivity contribution < 1.29 is 0 Å². The standard InChI is InChI=1S/C8H8N/c9-8-6-2-1-3-7(8)5-4-6/h1-2H,4-5,9H2. The van der Waals surface area contributed by atoms with Gasteiger partial charge in [-0.2, -0.15) is 0 Å². The van der Waals surface area contributed by atoms with E-state index in [9.17, 15) is 0 Å². The molecule has 45 valence electrons. The molecular weight excluding hydrogens is 110 g/mol. The second kappa shape index (κ2) is 1.50. The van der Waals surface area contributed by atoms with Crippen LogP contribution >= 0.6 is 0 Å². The second-order valence-corrected chi connectivity index (χ2v) is 2.40. The first-order valence-corrected chi connectivity index (χ1v) is 3.16. The molecule has 0 aromatic heterocycles. The van der Waals surface area contributed by atoms with Crippen molar-refractivity contribution in [2.24, 2.45) is 0 Å². The van der Waals surface area contributed by atoms with Crippen molar-refractivity contribution in [3.05, 3.63) is 29.3 Å². The molecule has 2 N–H and O–H groups in total. The van der Waals surface area contributed by atoms with Crippen LogP contribution in [0.5, 0.6) is 0 Å². The summed E-state index contributed by atoms with van der Waals surface area (Å²) in [5, 5.41) is 0. The number of anilines is 1. The van der Waals surface area contributed by atoms with E-state index in [4.69, 9.17) is 5.73 Å². The van der Waals surface area contributed by atoms with E-state index in [-0.39, 0.29) is 0 Å². The van der Waals surface area contributed by atoms with Gasteiger partial charge >= 0.3 is 0 Å². The number of hydrogen-bond donors (Lipinski definition) is 1. The largest absolute Gasteiger partial charge is 0.398 e. The third-order valence-electron chi connectivity index (χ3n) is 1.86. The summed E-state index contributed by atoms with van der Waals surface area (Å²) in [7, 11) is 0. The predicted molar refractivity (Wildman–Crippen MR) is 37.1 cm³/mol. The molecule has 0 saturated carbocycles. The Kier molecular flexibility index (Phi) is 0.810. The molecule has 0 unspecified atom stereocenters. The first kappa shape index (κ1) is 4.86. The third-order valence-corrected chi connectivity index (χ3v) is 1.86. The molecular formula is C8H8N. The summed E-state index contributed by atoms with van der Waals surface area (Å²) >= 11 is 0. The minimum atomic E-state index is 0.970. The van der Waals surface area contributed by atoms with Crippen LogP contribution in [-0.4, -0.2) is 0 Å². The van der Waals surface area contributed by atoms with Gasteiger partial charge in [-0.1, -0.05) is 12.1 Å². The van der Waals surface area contributed by atoms with Gasteiger partial charge in [-0.15, -0.1) is 0 Å². The fourth-order valence-corrected chi connectivity index (χ4v) is 1.29. The maximum atomic E-state index is 5.71. The summed E-state index contributed by atoms with van der Waals surface area (Å²) in [5.74, 6) is 0. The highest BCUT2D eigenvalue weighted by Crippen LogP contribution is 2.25. The quantitative estimate of drug-likeness (QED) is 0.508. The van der Waals surface area contributed by atoms with E-state index in [1.165, 1.54) is 11.1 Å². The lowest BCUT2D eigenvalue weighted by molar-refractivity contribution is 1.03. The zero-order valence-electron chi connectivity index (χ0n) is 5.15. The molecule has 0 atom stereocenters. The van der Waals surface area contributed by atoms with Crippen molar-refractivity contribution in [2.45, 2.75) is 12.8 Å². The first-order chi connectivity index (χ1) is 4.38. The number of fused-ring (bicyclic) bond motifs is 2. The highest BCUT2D eigenvalue weighted by Gasteiger charge is 2.11. The third kappa shape index (κ3) is 0.545. The van der Waals surface area contributed by atoms with E-state index < -0.39 is 0 Å². The van der Waals surface area contributed by atoms with Gasteiger partial charge in [0.15, 0.2) is 0 Å². The molecule has 1 aliphatic carbocycles. The molecule has 1 aromatic carbocycles. The molecule has 1 aromatic rings. The van der Waals surface area contributed by atoms with E-state index in [1.807, 2.05) is 12.1 Å². The molecule has 1 heteroatoms. The van der Waals surface area contributed by atoms with Gasteiger partial charge in [0.2, 0.25) is 0 Å². The van der Waals surface area contributed by atoms with Gasteiger partial charge in [0.1, 0.15) is 0 Å². The van der Waals surface area contributed by atoms with E-state index in [0.717, 1.165) is 18.5 Å². The van der Waals surface area contributed by atoms with Gasteiger partial charge in [-0.3, -0.25) is 0 Å². The molecule has 0 spiro atoms. The van der Waals surface area contributed by atoms with Crippen LogP contribution < -0.4 is 5.73 Å². The average Bonchev–Trinajstić information content (AvgIpc) is 2.19. The maximum Gasteiger partial charge on any atom is 0.0385 e. The fraction of sp³-hybridized carbons (Fsp3) is 0.250. The smallest absolute Gasteiger partial charge is 0.0385 e. The van der Waals surface area contributed by atoms with Crippen molar-refractivity contribution >= 4 is 5.69 Å². The molecule has 0 saturated heterocycles. The molecule has 0 aliphatic heterocycles. The molecule has 0 amide bonds. The second-order valence-electron chi connectivity index (χ2n) is 2.40. The summed E-state index contributed by atoms with van der Waals surface area (Å²) in [6, 6.07) is 7.11. The molecule has 2 rings (SSSR count). The Morgan fingerprint density at radius 2 is 2.33 bits per heavy atom. The zero-order valence-corrected chi connectivity index (χ0v) is 5.15. The highest BCUT2D eigenvalue weighted by atomic mass is 14.6. The molecule has 2 bridgehead atoms. The summed E-state index contributed by atoms with van der Waals surface area (Å²) < 4.78 is 0. The van der Waals surface area contributed by atoms with E-state index in [0.29, 0.717) is 0 Å². The summed E-state index contributed by atoms with van der Waals surface area (Å²) in [6.07, 6.45) is 2.21. The lowest BCUT2D eigenvalue weighted by Gasteiger charge is -1.93. The fourth-order valence-electron chi connectivity index (χ4n) is 1.29. The van der Waals surface area contributed by atoms with Gasteiger partial charge < -0.3 is 5.73 Å². The average molecular weight is 118 g/mol. The van der Waals surface area contributed by atoms with Crippen LogP contribution in [0.25, 0.3) is 0 Å². The monoisotopic (exact) mass is 118 g/mol. The van der Waals surface area contributed by atoms with Crippen molar-refractivity contribution in [3.63, 3.8) is 0 Å². The molecule has 9 heavy (non-hydrogen) atoms. The van der Waals surface area contributed by atoms with Crippen LogP contribution in [0.4, 0.5) is 5.69 Å². The van der Waals surface area contributed by atoms with Crippen LogP contribution in [0.15, 0.2) is 12.1 Å². The number of aryl methyl sites for hydroxylation is 2. The lowest BCUT2D eigenvalue weighted by atomic mass is 10.2. The van der Waals surface area contributed by atoms with E-state index in [2.05, 4.69) is 6.07 Å². The number of nitrogen functional groups attached to an aromatic ring is 1. The number of benzene rings is 1. The van der Waals surface area contributed by atoms with Crippen LogP contribution in [0, 0.1) is 6.07 Å². The maximum absolute atomic E-state index is 5.71. The minimum Gasteiger partial charge on any atom is -0.398 e. The Labute approximate surface area is 54.5 Å². The van der Waals surface area contributed by atoms with Crippen LogP contribution in [0.2, 0.25) is 0 Å². The summed E-state index contributed by atoms with van der Waals surface area (Å²) in [4.78, 5) is 0. The van der Waals surface area contributed by atoms with Crippen LogP contribution in [0.3, 0.4) is 0 Å². The van der Waals surface area contributed by atoms with Crippen molar-refractivity contribution in [2.75, 3.05) is 5.73 Å². The Balaban J connectivity index is 2.71. The van der Waals surface area contributed by atoms with Gasteiger partial charge in [0.05, 0.1) is 0 Å².